The van der Waals surface area contributed by atoms with Crippen molar-refractivity contribution in [3.8, 4) is 0 Å². The molecule has 0 radical (unpaired) electrons. The van der Waals surface area contributed by atoms with Crippen molar-refractivity contribution in [2.45, 2.75) is 31.5 Å². The van der Waals surface area contributed by atoms with Crippen LogP contribution in [0.15, 0.2) is 63.8 Å². The molecule has 1 atom stereocenters. The number of nitrogens with one attached hydrogen (secondary N) is 2. The number of hydrogen-bond donors (Lipinski definition) is 2. The van der Waals surface area contributed by atoms with E-state index in [1.165, 1.54) is 0 Å². The molecule has 0 spiro atoms. The molecule has 1 unspecified atom stereocenters. The van der Waals surface area contributed by atoms with Gasteiger partial charge in [-0.3, -0.25) is 9.36 Å². The molecule has 1 amide bonds. The molecule has 0 saturated heterocycles. The van der Waals surface area contributed by atoms with Gasteiger partial charge in [-0.25, -0.2) is 4.79 Å². The summed E-state index contributed by atoms with van der Waals surface area (Å²) in [5, 5.41) is 6.33. The second-order valence-electron chi connectivity index (χ2n) is 6.57. The highest BCUT2D eigenvalue weighted by molar-refractivity contribution is 5.83. The molecule has 4 rings (SSSR count). The Kier molecular flexibility index (Phi) is 4.58. The van der Waals surface area contributed by atoms with Crippen LogP contribution in [0.1, 0.15) is 24.4 Å². The van der Waals surface area contributed by atoms with Gasteiger partial charge in [0.05, 0.1) is 5.52 Å². The molecule has 2 aromatic carbocycles. The Morgan fingerprint density at radius 1 is 1.12 bits per heavy atom. The molecule has 1 saturated carbocycles. The molecule has 6 nitrogen and oxygen atoms in total. The number of nitrogens with zero attached hydrogens (tertiary/aromatic N) is 1. The van der Waals surface area contributed by atoms with Crippen molar-refractivity contribution in [3.05, 3.63) is 70.7 Å². The lowest BCUT2D eigenvalue weighted by Gasteiger charge is -2.19. The first-order chi connectivity index (χ1) is 12.7. The minimum Gasteiger partial charge on any atom is -0.408 e. The number of hydrogen-bond acceptors (Lipinski definition) is 4. The third kappa shape index (κ3) is 3.55. The summed E-state index contributed by atoms with van der Waals surface area (Å²) in [7, 11) is 0. The topological polar surface area (TPSA) is 76.3 Å². The fourth-order valence-corrected chi connectivity index (χ4v) is 3.07. The Balaban J connectivity index is 1.48. The summed E-state index contributed by atoms with van der Waals surface area (Å²) in [5.74, 6) is -0.408. The second-order valence-corrected chi connectivity index (χ2v) is 6.57. The van der Waals surface area contributed by atoms with Crippen molar-refractivity contribution in [2.75, 3.05) is 6.54 Å². The summed E-state index contributed by atoms with van der Waals surface area (Å²) in [6.45, 7) is 0.900. The van der Waals surface area contributed by atoms with Gasteiger partial charge in [-0.15, -0.1) is 0 Å². The van der Waals surface area contributed by atoms with Crippen molar-refractivity contribution >= 4 is 17.0 Å². The smallest absolute Gasteiger partial charge is 0.408 e. The number of rotatable bonds is 7. The zero-order valence-electron chi connectivity index (χ0n) is 14.4. The van der Waals surface area contributed by atoms with E-state index in [0.29, 0.717) is 24.7 Å². The Hall–Kier alpha value is -2.86. The molecule has 6 heteroatoms. The number of carbonyl (C=O) groups excluding carboxylic acids is 1. The SMILES string of the molecule is O=C(NC1CC1)C(NCCn1c(=O)oc2ccccc21)c1ccccc1. The molecule has 1 aromatic heterocycles. The van der Waals surface area contributed by atoms with Crippen LogP contribution < -0.4 is 16.4 Å². The normalized spacial score (nSPS) is 15.1. The highest BCUT2D eigenvalue weighted by Gasteiger charge is 2.28. The summed E-state index contributed by atoms with van der Waals surface area (Å²) < 4.78 is 6.84. The van der Waals surface area contributed by atoms with Crippen molar-refractivity contribution in [1.29, 1.82) is 0 Å². The van der Waals surface area contributed by atoms with Crippen molar-refractivity contribution < 1.29 is 9.21 Å². The molecule has 1 aliphatic carbocycles. The van der Waals surface area contributed by atoms with E-state index in [2.05, 4.69) is 10.6 Å². The Morgan fingerprint density at radius 2 is 1.85 bits per heavy atom. The lowest BCUT2D eigenvalue weighted by atomic mass is 10.1. The number of aromatic nitrogens is 1. The van der Waals surface area contributed by atoms with E-state index in [0.717, 1.165) is 23.9 Å². The van der Waals surface area contributed by atoms with Crippen LogP contribution >= 0.6 is 0 Å². The molecule has 3 aromatic rings. The van der Waals surface area contributed by atoms with Crippen molar-refractivity contribution in [2.24, 2.45) is 0 Å². The van der Waals surface area contributed by atoms with E-state index >= 15 is 0 Å². The average Bonchev–Trinajstić information content (AvgIpc) is 3.41. The van der Waals surface area contributed by atoms with Gasteiger partial charge in [0.25, 0.3) is 0 Å². The number of fused-ring (bicyclic) bond motifs is 1. The zero-order valence-corrected chi connectivity index (χ0v) is 14.4. The van der Waals surface area contributed by atoms with E-state index in [-0.39, 0.29) is 11.7 Å². The molecule has 0 aliphatic heterocycles. The van der Waals surface area contributed by atoms with Gasteiger partial charge in [-0.05, 0) is 30.5 Å². The van der Waals surface area contributed by atoms with Crippen LogP contribution in [0.3, 0.4) is 0 Å². The van der Waals surface area contributed by atoms with E-state index in [9.17, 15) is 9.59 Å². The fraction of sp³-hybridized carbons (Fsp3) is 0.300. The summed E-state index contributed by atoms with van der Waals surface area (Å²) in [5.41, 5.74) is 2.25. The number of benzene rings is 2. The quantitative estimate of drug-likeness (QED) is 0.684. The molecule has 134 valence electrons. The maximum atomic E-state index is 12.6. The van der Waals surface area contributed by atoms with Crippen LogP contribution in [0.2, 0.25) is 0 Å². The highest BCUT2D eigenvalue weighted by atomic mass is 16.4. The largest absolute Gasteiger partial charge is 0.419 e. The summed E-state index contributed by atoms with van der Waals surface area (Å²) >= 11 is 0. The van der Waals surface area contributed by atoms with E-state index in [1.54, 1.807) is 10.6 Å². The van der Waals surface area contributed by atoms with Gasteiger partial charge in [-0.2, -0.15) is 0 Å². The standard InChI is InChI=1S/C20H21N3O3/c24-19(22-15-10-11-15)18(14-6-2-1-3-7-14)21-12-13-23-16-8-4-5-9-17(16)26-20(23)25/h1-9,15,18,21H,10-13H2,(H,22,24). The molecule has 2 N–H and O–H groups in total. The predicted molar refractivity (Wildman–Crippen MR) is 98.8 cm³/mol. The molecular weight excluding hydrogens is 330 g/mol. The summed E-state index contributed by atoms with van der Waals surface area (Å²) in [6, 6.07) is 16.8. The van der Waals surface area contributed by atoms with Gasteiger partial charge in [0.2, 0.25) is 5.91 Å². The molecule has 1 fully saturated rings. The van der Waals surface area contributed by atoms with Gasteiger partial charge in [0.15, 0.2) is 5.58 Å². The first kappa shape index (κ1) is 16.6. The fourth-order valence-electron chi connectivity index (χ4n) is 3.07. The molecule has 0 bridgehead atoms. The number of para-hydroxylation sites is 2. The van der Waals surface area contributed by atoms with Crippen LogP contribution in [-0.4, -0.2) is 23.1 Å². The highest BCUT2D eigenvalue weighted by Crippen LogP contribution is 2.21. The minimum absolute atomic E-state index is 0.0249. The van der Waals surface area contributed by atoms with Gasteiger partial charge in [0, 0.05) is 19.1 Å². The van der Waals surface area contributed by atoms with E-state index < -0.39 is 6.04 Å². The Bertz CT molecular complexity index is 957. The number of carbonyl (C=O) groups is 1. The number of oxazole rings is 1. The predicted octanol–water partition coefficient (Wildman–Crippen LogP) is 2.20. The first-order valence-corrected chi connectivity index (χ1v) is 8.89. The van der Waals surface area contributed by atoms with Crippen molar-refractivity contribution in [1.82, 2.24) is 15.2 Å². The summed E-state index contributed by atoms with van der Waals surface area (Å²) in [6.07, 6.45) is 2.09. The lowest BCUT2D eigenvalue weighted by Crippen LogP contribution is -2.40. The van der Waals surface area contributed by atoms with Crippen LogP contribution in [0.25, 0.3) is 11.1 Å². The first-order valence-electron chi connectivity index (χ1n) is 8.89. The van der Waals surface area contributed by atoms with Crippen LogP contribution in [-0.2, 0) is 11.3 Å². The van der Waals surface area contributed by atoms with E-state index in [1.807, 2.05) is 48.5 Å². The average molecular weight is 351 g/mol. The second kappa shape index (κ2) is 7.17. The van der Waals surface area contributed by atoms with Gasteiger partial charge in [-0.1, -0.05) is 42.5 Å². The minimum atomic E-state index is -0.439. The van der Waals surface area contributed by atoms with Crippen LogP contribution in [0.5, 0.6) is 0 Å². The number of amides is 1. The van der Waals surface area contributed by atoms with E-state index in [4.69, 9.17) is 4.42 Å². The summed E-state index contributed by atoms with van der Waals surface area (Å²) in [4.78, 5) is 24.7. The molecule has 26 heavy (non-hydrogen) atoms. The molecular formula is C20H21N3O3. The monoisotopic (exact) mass is 351 g/mol. The van der Waals surface area contributed by atoms with Crippen LogP contribution in [0, 0.1) is 0 Å². The maximum Gasteiger partial charge on any atom is 0.419 e. The Labute approximate surface area is 150 Å². The zero-order chi connectivity index (χ0) is 17.9. The third-order valence-corrected chi connectivity index (χ3v) is 4.58. The molecule has 1 heterocycles. The Morgan fingerprint density at radius 3 is 2.62 bits per heavy atom. The van der Waals surface area contributed by atoms with Crippen LogP contribution in [0.4, 0.5) is 0 Å². The maximum absolute atomic E-state index is 12.6. The van der Waals surface area contributed by atoms with Crippen molar-refractivity contribution in [3.63, 3.8) is 0 Å². The van der Waals surface area contributed by atoms with Gasteiger partial charge in [0.1, 0.15) is 6.04 Å². The third-order valence-electron chi connectivity index (χ3n) is 4.58. The van der Waals surface area contributed by atoms with Gasteiger partial charge < -0.3 is 15.1 Å². The lowest BCUT2D eigenvalue weighted by molar-refractivity contribution is -0.123. The molecule has 1 aliphatic rings. The van der Waals surface area contributed by atoms with Gasteiger partial charge >= 0.3 is 5.76 Å².